The zero-order valence-electron chi connectivity index (χ0n) is 15.1. The summed E-state index contributed by atoms with van der Waals surface area (Å²) in [5, 5.41) is 5.67. The van der Waals surface area contributed by atoms with Crippen molar-refractivity contribution in [2.24, 2.45) is 0 Å². The first-order valence-corrected chi connectivity index (χ1v) is 9.60. The first kappa shape index (κ1) is 18.5. The average molecular weight is 372 g/mol. The van der Waals surface area contributed by atoms with Crippen LogP contribution in [0.3, 0.4) is 0 Å². The van der Waals surface area contributed by atoms with Crippen LogP contribution in [0.15, 0.2) is 35.8 Å². The predicted octanol–water partition coefficient (Wildman–Crippen LogP) is 1.80. The highest BCUT2D eigenvalue weighted by Crippen LogP contribution is 2.16. The van der Waals surface area contributed by atoms with E-state index >= 15 is 0 Å². The number of aryl methyl sites for hydroxylation is 1. The Morgan fingerprint density at radius 2 is 2.15 bits per heavy atom. The molecule has 1 unspecified atom stereocenters. The summed E-state index contributed by atoms with van der Waals surface area (Å²) in [5.74, 6) is -0.115. The molecule has 138 valence electrons. The van der Waals surface area contributed by atoms with E-state index in [-0.39, 0.29) is 18.2 Å². The van der Waals surface area contributed by atoms with Gasteiger partial charge in [0.05, 0.1) is 19.0 Å². The molecule has 2 aromatic rings. The molecule has 0 bridgehead atoms. The van der Waals surface area contributed by atoms with E-state index in [2.05, 4.69) is 46.4 Å². The number of carbonyl (C=O) groups is 2. The van der Waals surface area contributed by atoms with Crippen LogP contribution in [0.25, 0.3) is 0 Å². The molecule has 2 heterocycles. The number of piperazine rings is 1. The third kappa shape index (κ3) is 4.68. The van der Waals surface area contributed by atoms with Gasteiger partial charge in [0, 0.05) is 38.3 Å². The number of rotatable bonds is 6. The van der Waals surface area contributed by atoms with Crippen molar-refractivity contribution < 1.29 is 9.59 Å². The smallest absolute Gasteiger partial charge is 0.237 e. The molecule has 2 amide bonds. The number of amides is 2. The van der Waals surface area contributed by atoms with Gasteiger partial charge in [0.25, 0.3) is 0 Å². The third-order valence-corrected chi connectivity index (χ3v) is 5.36. The number of nitrogens with one attached hydrogen (secondary N) is 1. The molecule has 0 aliphatic carbocycles. The van der Waals surface area contributed by atoms with Crippen molar-refractivity contribution in [2.45, 2.75) is 32.5 Å². The summed E-state index contributed by atoms with van der Waals surface area (Å²) >= 11 is 1.52. The minimum Gasteiger partial charge on any atom is -0.353 e. The molecule has 0 saturated carbocycles. The molecule has 7 heteroatoms. The van der Waals surface area contributed by atoms with Crippen LogP contribution in [0.5, 0.6) is 0 Å². The monoisotopic (exact) mass is 372 g/mol. The summed E-state index contributed by atoms with van der Waals surface area (Å²) in [6, 6.07) is 7.86. The molecule has 0 radical (unpaired) electrons. The molecule has 1 saturated heterocycles. The first-order valence-electron chi connectivity index (χ1n) is 8.72. The van der Waals surface area contributed by atoms with Crippen LogP contribution in [0.1, 0.15) is 22.6 Å². The van der Waals surface area contributed by atoms with Gasteiger partial charge in [-0.3, -0.25) is 14.5 Å². The molecular formula is C19H24N4O2S. The maximum atomic E-state index is 12.6. The van der Waals surface area contributed by atoms with Gasteiger partial charge in [-0.05, 0) is 12.5 Å². The van der Waals surface area contributed by atoms with E-state index < -0.39 is 6.04 Å². The highest BCUT2D eigenvalue weighted by molar-refractivity contribution is 7.09. The number of benzene rings is 1. The van der Waals surface area contributed by atoms with Crippen LogP contribution in [0, 0.1) is 6.92 Å². The van der Waals surface area contributed by atoms with Crippen LogP contribution in [0.4, 0.5) is 0 Å². The van der Waals surface area contributed by atoms with Crippen molar-refractivity contribution in [3.63, 3.8) is 0 Å². The predicted molar refractivity (Wildman–Crippen MR) is 102 cm³/mol. The van der Waals surface area contributed by atoms with Crippen LogP contribution in [0.2, 0.25) is 0 Å². The summed E-state index contributed by atoms with van der Waals surface area (Å²) in [5.41, 5.74) is 2.36. The Labute approximate surface area is 157 Å². The van der Waals surface area contributed by atoms with E-state index in [4.69, 9.17) is 0 Å². The summed E-state index contributed by atoms with van der Waals surface area (Å²) in [7, 11) is 1.76. The Morgan fingerprint density at radius 3 is 2.85 bits per heavy atom. The van der Waals surface area contributed by atoms with Crippen LogP contribution >= 0.6 is 11.3 Å². The minimum absolute atomic E-state index is 0.0452. The number of nitrogens with zero attached hydrogens (tertiary/aromatic N) is 3. The Bertz CT molecular complexity index is 745. The minimum atomic E-state index is -0.434. The van der Waals surface area contributed by atoms with E-state index in [1.807, 2.05) is 5.38 Å². The van der Waals surface area contributed by atoms with Gasteiger partial charge in [-0.15, -0.1) is 11.3 Å². The van der Waals surface area contributed by atoms with Gasteiger partial charge in [0.15, 0.2) is 0 Å². The fraction of sp³-hybridized carbons (Fsp3) is 0.421. The lowest BCUT2D eigenvalue weighted by Crippen LogP contribution is -2.56. The maximum absolute atomic E-state index is 12.6. The molecular weight excluding hydrogens is 348 g/mol. The number of hydrogen-bond acceptors (Lipinski definition) is 5. The van der Waals surface area contributed by atoms with E-state index in [1.165, 1.54) is 16.9 Å². The molecule has 1 N–H and O–H groups in total. The zero-order chi connectivity index (χ0) is 18.5. The second kappa shape index (κ2) is 8.42. The second-order valence-electron chi connectivity index (χ2n) is 6.64. The highest BCUT2D eigenvalue weighted by Gasteiger charge is 2.32. The number of hydrogen-bond donors (Lipinski definition) is 1. The molecule has 1 aliphatic heterocycles. The van der Waals surface area contributed by atoms with E-state index in [1.54, 1.807) is 18.1 Å². The van der Waals surface area contributed by atoms with Gasteiger partial charge in [-0.1, -0.05) is 29.8 Å². The van der Waals surface area contributed by atoms with Crippen LogP contribution in [-0.2, 0) is 22.7 Å². The zero-order valence-corrected chi connectivity index (χ0v) is 16.0. The topological polar surface area (TPSA) is 65.5 Å². The SMILES string of the molecule is Cc1ccc(CN2CCNC(=O)C2CC(=O)N(C)Cc2nccs2)cc1. The molecule has 1 fully saturated rings. The third-order valence-electron chi connectivity index (χ3n) is 4.60. The normalized spacial score (nSPS) is 17.8. The van der Waals surface area contributed by atoms with Gasteiger partial charge in [0.1, 0.15) is 5.01 Å². The standard InChI is InChI=1S/C19H24N4O2S/c1-14-3-5-15(6-4-14)12-23-9-7-21-19(25)16(23)11-18(24)22(2)13-17-20-8-10-26-17/h3-6,8,10,16H,7,9,11-13H2,1-2H3,(H,21,25). The number of thiazole rings is 1. The average Bonchev–Trinajstić information content (AvgIpc) is 3.12. The maximum Gasteiger partial charge on any atom is 0.237 e. The lowest BCUT2D eigenvalue weighted by atomic mass is 10.1. The van der Waals surface area contributed by atoms with Crippen molar-refractivity contribution in [1.82, 2.24) is 20.1 Å². The highest BCUT2D eigenvalue weighted by atomic mass is 32.1. The Hall–Kier alpha value is -2.25. The second-order valence-corrected chi connectivity index (χ2v) is 7.62. The number of carbonyl (C=O) groups excluding carboxylic acids is 2. The summed E-state index contributed by atoms with van der Waals surface area (Å²) < 4.78 is 0. The van der Waals surface area contributed by atoms with E-state index in [0.29, 0.717) is 19.6 Å². The largest absolute Gasteiger partial charge is 0.353 e. The van der Waals surface area contributed by atoms with Gasteiger partial charge in [0.2, 0.25) is 11.8 Å². The molecule has 6 nitrogen and oxygen atoms in total. The fourth-order valence-corrected chi connectivity index (χ4v) is 3.71. The molecule has 26 heavy (non-hydrogen) atoms. The van der Waals surface area contributed by atoms with E-state index in [9.17, 15) is 9.59 Å². The van der Waals surface area contributed by atoms with Gasteiger partial charge in [-0.2, -0.15) is 0 Å². The molecule has 1 atom stereocenters. The van der Waals surface area contributed by atoms with Gasteiger partial charge in [-0.25, -0.2) is 4.98 Å². The first-order chi connectivity index (χ1) is 12.5. The summed E-state index contributed by atoms with van der Waals surface area (Å²) in [6.07, 6.45) is 1.91. The van der Waals surface area contributed by atoms with Gasteiger partial charge >= 0.3 is 0 Å². The summed E-state index contributed by atoms with van der Waals surface area (Å²) in [4.78, 5) is 33.0. The summed E-state index contributed by atoms with van der Waals surface area (Å²) in [6.45, 7) is 4.56. The van der Waals surface area contributed by atoms with Crippen molar-refractivity contribution >= 4 is 23.2 Å². The van der Waals surface area contributed by atoms with E-state index in [0.717, 1.165) is 17.1 Å². The van der Waals surface area contributed by atoms with Crippen molar-refractivity contribution in [2.75, 3.05) is 20.1 Å². The fourth-order valence-electron chi connectivity index (χ4n) is 3.04. The quantitative estimate of drug-likeness (QED) is 0.840. The molecule has 1 aromatic carbocycles. The molecule has 0 spiro atoms. The van der Waals surface area contributed by atoms with Crippen molar-refractivity contribution in [3.05, 3.63) is 52.0 Å². The van der Waals surface area contributed by atoms with Crippen molar-refractivity contribution in [3.8, 4) is 0 Å². The lowest BCUT2D eigenvalue weighted by molar-refractivity contribution is -0.138. The van der Waals surface area contributed by atoms with Crippen molar-refractivity contribution in [1.29, 1.82) is 0 Å². The lowest BCUT2D eigenvalue weighted by Gasteiger charge is -2.35. The molecule has 1 aromatic heterocycles. The molecule has 3 rings (SSSR count). The Balaban J connectivity index is 1.64. The number of aromatic nitrogens is 1. The molecule has 1 aliphatic rings. The van der Waals surface area contributed by atoms with Crippen LogP contribution < -0.4 is 5.32 Å². The van der Waals surface area contributed by atoms with Gasteiger partial charge < -0.3 is 10.2 Å². The Morgan fingerprint density at radius 1 is 1.38 bits per heavy atom. The Kier molecular flexibility index (Phi) is 6.00. The van der Waals surface area contributed by atoms with Crippen LogP contribution in [-0.4, -0.2) is 52.8 Å².